The number of hydrazine groups is 1. The van der Waals surface area contributed by atoms with E-state index in [-0.39, 0.29) is 5.91 Å². The molecule has 1 N–H and O–H groups in total. The fourth-order valence-electron chi connectivity index (χ4n) is 1.71. The fraction of sp³-hybridized carbons (Fsp3) is 0.300. The maximum atomic E-state index is 11.6. The van der Waals surface area contributed by atoms with E-state index in [1.807, 2.05) is 32.2 Å². The first-order valence-corrected chi connectivity index (χ1v) is 4.29. The third-order valence-corrected chi connectivity index (χ3v) is 2.29. The van der Waals surface area contributed by atoms with Crippen molar-refractivity contribution in [2.45, 2.75) is 13.5 Å². The number of hydrogen-bond acceptors (Lipinski definition) is 2. The maximum Gasteiger partial charge on any atom is 0.266 e. The van der Waals surface area contributed by atoms with Crippen LogP contribution in [-0.2, 0) is 6.54 Å². The first kappa shape index (κ1) is 8.26. The van der Waals surface area contributed by atoms with Crippen LogP contribution in [0.1, 0.15) is 21.5 Å². The molecule has 0 aliphatic carbocycles. The van der Waals surface area contributed by atoms with Crippen molar-refractivity contribution in [2.75, 3.05) is 7.05 Å². The SMILES string of the molecule is Cc1cccc2c1C(=O)NN(C)C2. The Morgan fingerprint density at radius 2 is 2.23 bits per heavy atom. The summed E-state index contributed by atoms with van der Waals surface area (Å²) in [6.07, 6.45) is 0. The van der Waals surface area contributed by atoms with Crippen LogP contribution in [-0.4, -0.2) is 18.0 Å². The number of nitrogens with one attached hydrogen (secondary N) is 1. The van der Waals surface area contributed by atoms with E-state index in [1.165, 1.54) is 0 Å². The second-order valence-electron chi connectivity index (χ2n) is 3.41. The van der Waals surface area contributed by atoms with Gasteiger partial charge in [0.1, 0.15) is 0 Å². The van der Waals surface area contributed by atoms with Gasteiger partial charge >= 0.3 is 0 Å². The van der Waals surface area contributed by atoms with Crippen LogP contribution < -0.4 is 5.43 Å². The number of carbonyl (C=O) groups is 1. The zero-order chi connectivity index (χ0) is 9.42. The molecule has 0 aromatic heterocycles. The summed E-state index contributed by atoms with van der Waals surface area (Å²) in [5.74, 6) is 0.00171. The van der Waals surface area contributed by atoms with Crippen LogP contribution >= 0.6 is 0 Å². The number of aryl methyl sites for hydroxylation is 1. The summed E-state index contributed by atoms with van der Waals surface area (Å²) in [6.45, 7) is 2.74. The van der Waals surface area contributed by atoms with Gasteiger partial charge in [-0.2, -0.15) is 0 Å². The fourth-order valence-corrected chi connectivity index (χ4v) is 1.71. The highest BCUT2D eigenvalue weighted by Crippen LogP contribution is 2.18. The molecule has 1 aliphatic heterocycles. The summed E-state index contributed by atoms with van der Waals surface area (Å²) < 4.78 is 0. The molecule has 0 fully saturated rings. The average molecular weight is 176 g/mol. The van der Waals surface area contributed by atoms with Crippen LogP contribution in [0.5, 0.6) is 0 Å². The molecule has 0 spiro atoms. The molecule has 1 heterocycles. The second-order valence-corrected chi connectivity index (χ2v) is 3.41. The molecule has 3 nitrogen and oxygen atoms in total. The predicted molar refractivity (Wildman–Crippen MR) is 50.1 cm³/mol. The van der Waals surface area contributed by atoms with Gasteiger partial charge in [0.2, 0.25) is 0 Å². The van der Waals surface area contributed by atoms with Gasteiger partial charge in [-0.1, -0.05) is 18.2 Å². The lowest BCUT2D eigenvalue weighted by atomic mass is 10.00. The number of rotatable bonds is 0. The molecule has 13 heavy (non-hydrogen) atoms. The molecule has 0 saturated carbocycles. The average Bonchev–Trinajstić information content (AvgIpc) is 2.02. The normalized spacial score (nSPS) is 16.6. The second kappa shape index (κ2) is 2.85. The Hall–Kier alpha value is -1.35. The number of hydrogen-bond donors (Lipinski definition) is 1. The number of nitrogens with zero attached hydrogens (tertiary/aromatic N) is 1. The van der Waals surface area contributed by atoms with Gasteiger partial charge < -0.3 is 0 Å². The Morgan fingerprint density at radius 1 is 1.46 bits per heavy atom. The number of amides is 1. The van der Waals surface area contributed by atoms with E-state index in [1.54, 1.807) is 5.01 Å². The lowest BCUT2D eigenvalue weighted by Gasteiger charge is -2.26. The molecule has 1 aromatic carbocycles. The summed E-state index contributed by atoms with van der Waals surface area (Å²) in [6, 6.07) is 5.95. The zero-order valence-electron chi connectivity index (χ0n) is 7.79. The van der Waals surface area contributed by atoms with E-state index in [9.17, 15) is 4.79 Å². The van der Waals surface area contributed by atoms with E-state index < -0.39 is 0 Å². The molecule has 0 radical (unpaired) electrons. The minimum atomic E-state index is 0.00171. The van der Waals surface area contributed by atoms with Gasteiger partial charge in [0.15, 0.2) is 0 Å². The van der Waals surface area contributed by atoms with E-state index in [4.69, 9.17) is 0 Å². The molecule has 1 aromatic rings. The van der Waals surface area contributed by atoms with E-state index in [2.05, 4.69) is 5.43 Å². The van der Waals surface area contributed by atoms with Crippen LogP contribution in [0.3, 0.4) is 0 Å². The van der Waals surface area contributed by atoms with E-state index in [0.717, 1.165) is 23.2 Å². The van der Waals surface area contributed by atoms with Gasteiger partial charge in [-0.05, 0) is 18.1 Å². The molecule has 1 amide bonds. The van der Waals surface area contributed by atoms with Crippen molar-refractivity contribution >= 4 is 5.91 Å². The molecule has 0 unspecified atom stereocenters. The third kappa shape index (κ3) is 1.31. The third-order valence-electron chi connectivity index (χ3n) is 2.29. The lowest BCUT2D eigenvalue weighted by Crippen LogP contribution is -2.43. The highest BCUT2D eigenvalue weighted by Gasteiger charge is 2.20. The monoisotopic (exact) mass is 176 g/mol. The Bertz CT molecular complexity index is 360. The molecule has 2 rings (SSSR count). The van der Waals surface area contributed by atoms with Gasteiger partial charge in [0.05, 0.1) is 0 Å². The van der Waals surface area contributed by atoms with Crippen molar-refractivity contribution in [2.24, 2.45) is 0 Å². The highest BCUT2D eigenvalue weighted by atomic mass is 16.2. The highest BCUT2D eigenvalue weighted by molar-refractivity contribution is 5.97. The van der Waals surface area contributed by atoms with Gasteiger partial charge in [-0.25, -0.2) is 5.01 Å². The van der Waals surface area contributed by atoms with Crippen LogP contribution in [0.15, 0.2) is 18.2 Å². The largest absolute Gasteiger partial charge is 0.285 e. The quantitative estimate of drug-likeness (QED) is 0.641. The smallest absolute Gasteiger partial charge is 0.266 e. The molecule has 1 aliphatic rings. The molecular weight excluding hydrogens is 164 g/mol. The van der Waals surface area contributed by atoms with Gasteiger partial charge in [-0.3, -0.25) is 10.2 Å². The molecule has 3 heteroatoms. The first-order chi connectivity index (χ1) is 6.18. The molecular formula is C10H12N2O. The molecule has 0 bridgehead atoms. The van der Waals surface area contributed by atoms with Gasteiger partial charge in [-0.15, -0.1) is 0 Å². The lowest BCUT2D eigenvalue weighted by molar-refractivity contribution is 0.0785. The van der Waals surface area contributed by atoms with Crippen molar-refractivity contribution in [1.29, 1.82) is 0 Å². The van der Waals surface area contributed by atoms with E-state index in [0.29, 0.717) is 0 Å². The van der Waals surface area contributed by atoms with Crippen LogP contribution in [0.4, 0.5) is 0 Å². The predicted octanol–water partition coefficient (Wildman–Crippen LogP) is 1.09. The molecule has 68 valence electrons. The topological polar surface area (TPSA) is 32.3 Å². The Morgan fingerprint density at radius 3 is 3.00 bits per heavy atom. The number of fused-ring (bicyclic) bond motifs is 1. The molecule has 0 atom stereocenters. The van der Waals surface area contributed by atoms with Crippen molar-refractivity contribution in [1.82, 2.24) is 10.4 Å². The Labute approximate surface area is 77.3 Å². The van der Waals surface area contributed by atoms with Crippen molar-refractivity contribution < 1.29 is 4.79 Å². The van der Waals surface area contributed by atoms with Crippen molar-refractivity contribution in [3.05, 3.63) is 34.9 Å². The number of carbonyl (C=O) groups excluding carboxylic acids is 1. The minimum absolute atomic E-state index is 0.00171. The summed E-state index contributed by atoms with van der Waals surface area (Å²) in [5.41, 5.74) is 5.75. The number of benzene rings is 1. The summed E-state index contributed by atoms with van der Waals surface area (Å²) in [5, 5.41) is 1.80. The van der Waals surface area contributed by atoms with Crippen molar-refractivity contribution in [3.63, 3.8) is 0 Å². The van der Waals surface area contributed by atoms with Crippen molar-refractivity contribution in [3.8, 4) is 0 Å². The van der Waals surface area contributed by atoms with Crippen LogP contribution in [0, 0.1) is 6.92 Å². The maximum absolute atomic E-state index is 11.6. The summed E-state index contributed by atoms with van der Waals surface area (Å²) in [7, 11) is 1.86. The minimum Gasteiger partial charge on any atom is -0.285 e. The first-order valence-electron chi connectivity index (χ1n) is 4.29. The Balaban J connectivity index is 2.55. The zero-order valence-corrected chi connectivity index (χ0v) is 7.79. The standard InChI is InChI=1S/C10H12N2O/c1-7-4-3-5-8-6-12(2)11-10(13)9(7)8/h3-5H,6H2,1-2H3,(H,11,13). The molecule has 0 saturated heterocycles. The van der Waals surface area contributed by atoms with Gasteiger partial charge in [0, 0.05) is 19.2 Å². The summed E-state index contributed by atoms with van der Waals surface area (Å²) >= 11 is 0. The van der Waals surface area contributed by atoms with Crippen LogP contribution in [0.2, 0.25) is 0 Å². The van der Waals surface area contributed by atoms with Crippen LogP contribution in [0.25, 0.3) is 0 Å². The Kier molecular flexibility index (Phi) is 1.81. The van der Waals surface area contributed by atoms with Gasteiger partial charge in [0.25, 0.3) is 5.91 Å². The van der Waals surface area contributed by atoms with E-state index >= 15 is 0 Å². The summed E-state index contributed by atoms with van der Waals surface area (Å²) in [4.78, 5) is 11.6.